The van der Waals surface area contributed by atoms with E-state index in [1.54, 1.807) is 0 Å². The highest BCUT2D eigenvalue weighted by atomic mass is 14.7. The van der Waals surface area contributed by atoms with E-state index in [9.17, 15) is 0 Å². The van der Waals surface area contributed by atoms with Crippen molar-refractivity contribution in [3.05, 3.63) is 41.1 Å². The molecule has 2 rings (SSSR count). The summed E-state index contributed by atoms with van der Waals surface area (Å²) >= 11 is 0. The number of pyridine rings is 1. The number of aryl methyl sites for hydroxylation is 2. The molecule has 0 fully saturated rings. The van der Waals surface area contributed by atoms with Gasteiger partial charge < -0.3 is 5.73 Å². The van der Waals surface area contributed by atoms with Crippen molar-refractivity contribution < 1.29 is 0 Å². The molecule has 0 aliphatic carbocycles. The lowest BCUT2D eigenvalue weighted by atomic mass is 10.0. The van der Waals surface area contributed by atoms with Crippen LogP contribution in [0.1, 0.15) is 23.7 Å². The predicted molar refractivity (Wildman–Crippen MR) is 68.6 cm³/mol. The van der Waals surface area contributed by atoms with Crippen molar-refractivity contribution in [3.8, 4) is 0 Å². The topological polar surface area (TPSA) is 38.9 Å². The van der Waals surface area contributed by atoms with Crippen LogP contribution in [0.5, 0.6) is 0 Å². The number of hydrogen-bond acceptors (Lipinski definition) is 2. The van der Waals surface area contributed by atoms with Gasteiger partial charge in [-0.05, 0) is 44.5 Å². The van der Waals surface area contributed by atoms with Gasteiger partial charge in [-0.25, -0.2) is 0 Å². The molecule has 1 unspecified atom stereocenters. The van der Waals surface area contributed by atoms with Crippen LogP contribution in [0, 0.1) is 13.8 Å². The fraction of sp³-hybridized carbons (Fsp3) is 0.357. The molecule has 2 N–H and O–H groups in total. The van der Waals surface area contributed by atoms with Crippen LogP contribution in [0.15, 0.2) is 24.3 Å². The first-order chi connectivity index (χ1) is 7.56. The summed E-state index contributed by atoms with van der Waals surface area (Å²) in [5, 5.41) is 1.24. The number of hydrogen-bond donors (Lipinski definition) is 1. The molecule has 1 aromatic heterocycles. The fourth-order valence-electron chi connectivity index (χ4n) is 2.01. The van der Waals surface area contributed by atoms with Gasteiger partial charge in [0.2, 0.25) is 0 Å². The third-order valence-corrected chi connectivity index (χ3v) is 2.76. The van der Waals surface area contributed by atoms with Crippen molar-refractivity contribution in [1.29, 1.82) is 0 Å². The monoisotopic (exact) mass is 214 g/mol. The Labute approximate surface area is 96.5 Å². The minimum atomic E-state index is 0.162. The lowest BCUT2D eigenvalue weighted by Crippen LogP contribution is -2.18. The lowest BCUT2D eigenvalue weighted by Gasteiger charge is -2.09. The smallest absolute Gasteiger partial charge is 0.0708 e. The second-order valence-corrected chi connectivity index (χ2v) is 4.63. The molecule has 16 heavy (non-hydrogen) atoms. The van der Waals surface area contributed by atoms with Crippen molar-refractivity contribution in [2.24, 2.45) is 5.73 Å². The van der Waals surface area contributed by atoms with Gasteiger partial charge in [-0.1, -0.05) is 11.6 Å². The summed E-state index contributed by atoms with van der Waals surface area (Å²) in [5.41, 5.74) is 10.5. The highest BCUT2D eigenvalue weighted by Crippen LogP contribution is 2.19. The summed E-state index contributed by atoms with van der Waals surface area (Å²) in [4.78, 5) is 4.64. The summed E-state index contributed by atoms with van der Waals surface area (Å²) in [6, 6.07) is 8.68. The minimum Gasteiger partial charge on any atom is -0.328 e. The van der Waals surface area contributed by atoms with E-state index >= 15 is 0 Å². The van der Waals surface area contributed by atoms with Crippen LogP contribution >= 0.6 is 0 Å². The number of rotatable bonds is 2. The zero-order chi connectivity index (χ0) is 11.7. The number of fused-ring (bicyclic) bond motifs is 1. The highest BCUT2D eigenvalue weighted by molar-refractivity contribution is 5.82. The summed E-state index contributed by atoms with van der Waals surface area (Å²) in [6.45, 7) is 6.25. The van der Waals surface area contributed by atoms with Crippen LogP contribution in [0.2, 0.25) is 0 Å². The maximum absolute atomic E-state index is 5.80. The van der Waals surface area contributed by atoms with Crippen LogP contribution in [-0.2, 0) is 6.42 Å². The molecule has 0 radical (unpaired) electrons. The Hall–Kier alpha value is -1.41. The molecule has 0 bridgehead atoms. The normalized spacial score (nSPS) is 13.0. The van der Waals surface area contributed by atoms with Gasteiger partial charge in [0.1, 0.15) is 0 Å². The second kappa shape index (κ2) is 4.22. The van der Waals surface area contributed by atoms with Crippen molar-refractivity contribution in [2.75, 3.05) is 0 Å². The van der Waals surface area contributed by atoms with E-state index in [0.717, 1.165) is 17.6 Å². The maximum atomic E-state index is 5.80. The fourth-order valence-corrected chi connectivity index (χ4v) is 2.01. The molecule has 0 saturated carbocycles. The van der Waals surface area contributed by atoms with Crippen molar-refractivity contribution in [3.63, 3.8) is 0 Å². The van der Waals surface area contributed by atoms with Crippen LogP contribution in [0.25, 0.3) is 10.9 Å². The van der Waals surface area contributed by atoms with Crippen LogP contribution in [0.3, 0.4) is 0 Å². The molecule has 0 aliphatic heterocycles. The van der Waals surface area contributed by atoms with E-state index in [0.29, 0.717) is 0 Å². The SMILES string of the molecule is Cc1ccc2nc(CC(C)N)cc(C)c2c1. The largest absolute Gasteiger partial charge is 0.328 e. The van der Waals surface area contributed by atoms with E-state index in [2.05, 4.69) is 43.1 Å². The van der Waals surface area contributed by atoms with Gasteiger partial charge >= 0.3 is 0 Å². The Kier molecular flexibility index (Phi) is 2.92. The molecule has 1 aromatic carbocycles. The third-order valence-electron chi connectivity index (χ3n) is 2.76. The quantitative estimate of drug-likeness (QED) is 0.834. The van der Waals surface area contributed by atoms with E-state index in [1.165, 1.54) is 16.5 Å². The summed E-state index contributed by atoms with van der Waals surface area (Å²) in [5.74, 6) is 0. The van der Waals surface area contributed by atoms with E-state index in [-0.39, 0.29) is 6.04 Å². The zero-order valence-corrected chi connectivity index (χ0v) is 10.1. The van der Waals surface area contributed by atoms with Gasteiger partial charge in [-0.2, -0.15) is 0 Å². The number of nitrogens with zero attached hydrogens (tertiary/aromatic N) is 1. The van der Waals surface area contributed by atoms with E-state index in [4.69, 9.17) is 5.73 Å². The molecule has 2 nitrogen and oxygen atoms in total. The average molecular weight is 214 g/mol. The summed E-state index contributed by atoms with van der Waals surface area (Å²) in [6.07, 6.45) is 0.838. The Morgan fingerprint density at radius 2 is 2.00 bits per heavy atom. The molecule has 0 spiro atoms. The van der Waals surface area contributed by atoms with Crippen LogP contribution in [-0.4, -0.2) is 11.0 Å². The average Bonchev–Trinajstić information content (AvgIpc) is 2.18. The van der Waals surface area contributed by atoms with Gasteiger partial charge in [-0.15, -0.1) is 0 Å². The first-order valence-corrected chi connectivity index (χ1v) is 5.69. The van der Waals surface area contributed by atoms with Gasteiger partial charge in [0.25, 0.3) is 0 Å². The molecule has 0 saturated heterocycles. The Bertz CT molecular complexity index is 515. The molecular weight excluding hydrogens is 196 g/mol. The predicted octanol–water partition coefficient (Wildman–Crippen LogP) is 2.74. The van der Waals surface area contributed by atoms with Crippen LogP contribution in [0.4, 0.5) is 0 Å². The Morgan fingerprint density at radius 1 is 1.25 bits per heavy atom. The van der Waals surface area contributed by atoms with Gasteiger partial charge in [0.15, 0.2) is 0 Å². The van der Waals surface area contributed by atoms with Crippen LogP contribution < -0.4 is 5.73 Å². The zero-order valence-electron chi connectivity index (χ0n) is 10.1. The maximum Gasteiger partial charge on any atom is 0.0708 e. The number of benzene rings is 1. The molecule has 1 atom stereocenters. The van der Waals surface area contributed by atoms with E-state index < -0.39 is 0 Å². The van der Waals surface area contributed by atoms with Gasteiger partial charge in [0, 0.05) is 23.5 Å². The number of nitrogens with two attached hydrogens (primary N) is 1. The molecular formula is C14H18N2. The third kappa shape index (κ3) is 2.22. The molecule has 0 aliphatic rings. The standard InChI is InChI=1S/C14H18N2/c1-9-4-5-14-13(6-9)10(2)7-12(16-14)8-11(3)15/h4-7,11H,8,15H2,1-3H3. The molecule has 0 amide bonds. The van der Waals surface area contributed by atoms with Gasteiger partial charge in [-0.3, -0.25) is 4.98 Å². The second-order valence-electron chi connectivity index (χ2n) is 4.63. The van der Waals surface area contributed by atoms with Crippen molar-refractivity contribution >= 4 is 10.9 Å². The summed E-state index contributed by atoms with van der Waals surface area (Å²) < 4.78 is 0. The van der Waals surface area contributed by atoms with Crippen molar-refractivity contribution in [1.82, 2.24) is 4.98 Å². The Balaban J connectivity index is 2.55. The molecule has 2 heteroatoms. The van der Waals surface area contributed by atoms with Gasteiger partial charge in [0.05, 0.1) is 5.52 Å². The number of aromatic nitrogens is 1. The first kappa shape index (κ1) is 11.1. The first-order valence-electron chi connectivity index (χ1n) is 5.69. The lowest BCUT2D eigenvalue weighted by molar-refractivity contribution is 0.724. The highest BCUT2D eigenvalue weighted by Gasteiger charge is 2.04. The molecule has 1 heterocycles. The van der Waals surface area contributed by atoms with Crippen molar-refractivity contribution in [2.45, 2.75) is 33.2 Å². The summed E-state index contributed by atoms with van der Waals surface area (Å²) in [7, 11) is 0. The Morgan fingerprint density at radius 3 is 2.69 bits per heavy atom. The molecule has 2 aromatic rings. The minimum absolute atomic E-state index is 0.162. The molecule has 84 valence electrons. The van der Waals surface area contributed by atoms with E-state index in [1.807, 2.05) is 6.92 Å².